The van der Waals surface area contributed by atoms with Crippen LogP contribution < -0.4 is 0 Å². The smallest absolute Gasteiger partial charge is 0.227 e. The maximum atomic E-state index is 13.0. The summed E-state index contributed by atoms with van der Waals surface area (Å²) in [6.45, 7) is 1.12. The normalized spacial score (nSPS) is 19.9. The standard InChI is InChI=1S/C23H23NO3S/c25-20-11-10-18(16-6-2-1-3-7-16)19(20)14-22(26)24-12-4-8-17(15-24)23(27)21-9-5-13-28-21/h1-3,5-7,9,13,17H,4,8,10-12,14-15H2. The maximum Gasteiger partial charge on any atom is 0.227 e. The molecule has 1 unspecified atom stereocenters. The minimum atomic E-state index is -0.141. The van der Waals surface area contributed by atoms with Crippen molar-refractivity contribution >= 4 is 34.4 Å². The molecule has 1 aromatic heterocycles. The number of piperidine rings is 1. The Hall–Kier alpha value is -2.53. The second-order valence-electron chi connectivity index (χ2n) is 7.44. The van der Waals surface area contributed by atoms with Crippen molar-refractivity contribution < 1.29 is 14.4 Å². The first-order valence-corrected chi connectivity index (χ1v) is 10.7. The molecule has 144 valence electrons. The van der Waals surface area contributed by atoms with Gasteiger partial charge < -0.3 is 4.90 Å². The van der Waals surface area contributed by atoms with Gasteiger partial charge in [-0.05, 0) is 41.8 Å². The molecule has 1 aromatic carbocycles. The van der Waals surface area contributed by atoms with E-state index in [9.17, 15) is 14.4 Å². The first-order chi connectivity index (χ1) is 13.6. The quantitative estimate of drug-likeness (QED) is 0.709. The van der Waals surface area contributed by atoms with Crippen molar-refractivity contribution in [3.05, 3.63) is 63.9 Å². The fourth-order valence-corrected chi connectivity index (χ4v) is 4.92. The number of amides is 1. The zero-order chi connectivity index (χ0) is 19.5. The van der Waals surface area contributed by atoms with E-state index in [-0.39, 0.29) is 29.8 Å². The predicted octanol–water partition coefficient (Wildman–Crippen LogP) is 4.38. The molecule has 1 saturated heterocycles. The molecule has 0 radical (unpaired) electrons. The highest BCUT2D eigenvalue weighted by Gasteiger charge is 2.32. The number of carbonyl (C=O) groups excluding carboxylic acids is 3. The zero-order valence-corrected chi connectivity index (χ0v) is 16.5. The molecule has 5 heteroatoms. The van der Waals surface area contributed by atoms with Gasteiger partial charge in [0.1, 0.15) is 0 Å². The molecule has 4 nitrogen and oxygen atoms in total. The number of Topliss-reactive ketones (excluding diaryl/α,β-unsaturated/α-hetero) is 2. The molecule has 1 amide bonds. The van der Waals surface area contributed by atoms with E-state index in [1.165, 1.54) is 11.3 Å². The average Bonchev–Trinajstić information content (AvgIpc) is 3.39. The summed E-state index contributed by atoms with van der Waals surface area (Å²) in [5.41, 5.74) is 2.69. The molecule has 0 bridgehead atoms. The van der Waals surface area contributed by atoms with Gasteiger partial charge in [0.05, 0.1) is 11.3 Å². The lowest BCUT2D eigenvalue weighted by Gasteiger charge is -2.32. The molecule has 4 rings (SSSR count). The molecule has 1 aliphatic carbocycles. The summed E-state index contributed by atoms with van der Waals surface area (Å²) in [5.74, 6) is 0.0321. The molecule has 28 heavy (non-hydrogen) atoms. The Morgan fingerprint density at radius 1 is 1.07 bits per heavy atom. The lowest BCUT2D eigenvalue weighted by atomic mass is 9.92. The molecular weight excluding hydrogens is 370 g/mol. The molecular formula is C23H23NO3S. The number of hydrogen-bond donors (Lipinski definition) is 0. The molecule has 2 aromatic rings. The SMILES string of the molecule is O=C1CCC(c2ccccc2)=C1CC(=O)N1CCCC(C(=O)c2cccs2)C1. The van der Waals surface area contributed by atoms with Gasteiger partial charge in [0, 0.05) is 31.0 Å². The molecule has 1 fully saturated rings. The van der Waals surface area contributed by atoms with Gasteiger partial charge in [0.25, 0.3) is 0 Å². The van der Waals surface area contributed by atoms with Crippen LogP contribution in [0.1, 0.15) is 47.3 Å². The van der Waals surface area contributed by atoms with Gasteiger partial charge in [-0.1, -0.05) is 36.4 Å². The van der Waals surface area contributed by atoms with Gasteiger partial charge in [-0.2, -0.15) is 0 Å². The Balaban J connectivity index is 1.48. The summed E-state index contributed by atoms with van der Waals surface area (Å²) in [6.07, 6.45) is 2.96. The third-order valence-electron chi connectivity index (χ3n) is 5.66. The molecule has 1 aliphatic heterocycles. The Morgan fingerprint density at radius 3 is 2.64 bits per heavy atom. The maximum absolute atomic E-state index is 13.0. The van der Waals surface area contributed by atoms with E-state index in [1.807, 2.05) is 47.8 Å². The van der Waals surface area contributed by atoms with Gasteiger partial charge in [-0.3, -0.25) is 14.4 Å². The first-order valence-electron chi connectivity index (χ1n) is 9.79. The summed E-state index contributed by atoms with van der Waals surface area (Å²) in [7, 11) is 0. The number of hydrogen-bond acceptors (Lipinski definition) is 4. The van der Waals surface area contributed by atoms with Gasteiger partial charge >= 0.3 is 0 Å². The summed E-state index contributed by atoms with van der Waals surface area (Å²) in [4.78, 5) is 40.6. The molecule has 2 heterocycles. The van der Waals surface area contributed by atoms with Crippen LogP contribution in [0, 0.1) is 5.92 Å². The van der Waals surface area contributed by atoms with E-state index in [0.717, 1.165) is 28.9 Å². The van der Waals surface area contributed by atoms with Gasteiger partial charge in [0.15, 0.2) is 11.6 Å². The van der Waals surface area contributed by atoms with Crippen molar-refractivity contribution in [2.24, 2.45) is 5.92 Å². The van der Waals surface area contributed by atoms with Gasteiger partial charge in [-0.25, -0.2) is 0 Å². The highest BCUT2D eigenvalue weighted by molar-refractivity contribution is 7.12. The van der Waals surface area contributed by atoms with Crippen LogP contribution in [-0.4, -0.2) is 35.5 Å². The van der Waals surface area contributed by atoms with Crippen LogP contribution in [0.5, 0.6) is 0 Å². The number of nitrogens with zero attached hydrogens (tertiary/aromatic N) is 1. The van der Waals surface area contributed by atoms with E-state index >= 15 is 0 Å². The minimum Gasteiger partial charge on any atom is -0.342 e. The average molecular weight is 394 g/mol. The van der Waals surface area contributed by atoms with Crippen molar-refractivity contribution in [3.63, 3.8) is 0 Å². The number of ketones is 2. The Labute approximate surface area is 168 Å². The fraction of sp³-hybridized carbons (Fsp3) is 0.348. The second-order valence-corrected chi connectivity index (χ2v) is 8.39. The summed E-state index contributed by atoms with van der Waals surface area (Å²) < 4.78 is 0. The number of carbonyl (C=O) groups is 3. The lowest BCUT2D eigenvalue weighted by molar-refractivity contribution is -0.132. The monoisotopic (exact) mass is 393 g/mol. The van der Waals surface area contributed by atoms with E-state index in [1.54, 1.807) is 4.90 Å². The van der Waals surface area contributed by atoms with E-state index in [4.69, 9.17) is 0 Å². The number of allylic oxidation sites excluding steroid dienone is 1. The molecule has 0 N–H and O–H groups in total. The predicted molar refractivity (Wildman–Crippen MR) is 110 cm³/mol. The van der Waals surface area contributed by atoms with Crippen molar-refractivity contribution in [3.8, 4) is 0 Å². The van der Waals surface area contributed by atoms with Crippen LogP contribution in [0.15, 0.2) is 53.4 Å². The summed E-state index contributed by atoms with van der Waals surface area (Å²) in [6, 6.07) is 13.6. The van der Waals surface area contributed by atoms with Crippen LogP contribution in [0.25, 0.3) is 5.57 Å². The lowest BCUT2D eigenvalue weighted by Crippen LogP contribution is -2.42. The van der Waals surface area contributed by atoms with Crippen molar-refractivity contribution in [2.45, 2.75) is 32.1 Å². The van der Waals surface area contributed by atoms with E-state index in [2.05, 4.69) is 0 Å². The van der Waals surface area contributed by atoms with Crippen molar-refractivity contribution in [2.75, 3.05) is 13.1 Å². The number of likely N-dealkylation sites (tertiary alicyclic amines) is 1. The van der Waals surface area contributed by atoms with Crippen molar-refractivity contribution in [1.29, 1.82) is 0 Å². The Kier molecular flexibility index (Phi) is 5.53. The Bertz CT molecular complexity index is 915. The van der Waals surface area contributed by atoms with Crippen LogP contribution >= 0.6 is 11.3 Å². The number of rotatable bonds is 5. The molecule has 0 spiro atoms. The second kappa shape index (κ2) is 8.23. The third kappa shape index (κ3) is 3.85. The van der Waals surface area contributed by atoms with Gasteiger partial charge in [0.2, 0.25) is 5.91 Å². The third-order valence-corrected chi connectivity index (χ3v) is 6.55. The molecule has 1 atom stereocenters. The zero-order valence-electron chi connectivity index (χ0n) is 15.7. The minimum absolute atomic E-state index is 0.0395. The summed E-state index contributed by atoms with van der Waals surface area (Å²) >= 11 is 1.45. The topological polar surface area (TPSA) is 54.5 Å². The van der Waals surface area contributed by atoms with Crippen LogP contribution in [0.2, 0.25) is 0 Å². The highest BCUT2D eigenvalue weighted by Crippen LogP contribution is 2.34. The van der Waals surface area contributed by atoms with E-state index < -0.39 is 0 Å². The Morgan fingerprint density at radius 2 is 1.89 bits per heavy atom. The number of thiophene rings is 1. The number of benzene rings is 1. The highest BCUT2D eigenvalue weighted by atomic mass is 32.1. The first kappa shape index (κ1) is 18.8. The fourth-order valence-electron chi connectivity index (χ4n) is 4.17. The largest absolute Gasteiger partial charge is 0.342 e. The van der Waals surface area contributed by atoms with Crippen LogP contribution in [0.4, 0.5) is 0 Å². The molecule has 2 aliphatic rings. The van der Waals surface area contributed by atoms with Gasteiger partial charge in [-0.15, -0.1) is 11.3 Å². The van der Waals surface area contributed by atoms with Crippen molar-refractivity contribution in [1.82, 2.24) is 4.90 Å². The summed E-state index contributed by atoms with van der Waals surface area (Å²) in [5, 5.41) is 1.91. The molecule has 0 saturated carbocycles. The van der Waals surface area contributed by atoms with Crippen LogP contribution in [-0.2, 0) is 9.59 Å². The van der Waals surface area contributed by atoms with E-state index in [0.29, 0.717) is 31.5 Å². The van der Waals surface area contributed by atoms with Crippen LogP contribution in [0.3, 0.4) is 0 Å².